The van der Waals surface area contributed by atoms with Crippen molar-refractivity contribution >= 4 is 29.0 Å². The van der Waals surface area contributed by atoms with Crippen molar-refractivity contribution in [1.29, 1.82) is 0 Å². The number of carbonyl (C=O) groups excluding carboxylic acids is 1. The van der Waals surface area contributed by atoms with E-state index in [0.717, 1.165) is 18.4 Å². The van der Waals surface area contributed by atoms with Crippen molar-refractivity contribution in [3.63, 3.8) is 0 Å². The fourth-order valence-electron chi connectivity index (χ4n) is 3.82. The standard InChI is InChI=1S/C16H19Cl2NO/c1-2-15(20)16-11(8-10-4-6-14(16)19-10)9-3-5-12(17)13(18)7-9/h3,5,7,10-11,14,16,19H,2,4,6,8H2,1H3/t10?,11-,14-,16+/m1/s1. The number of hydrogen-bond donors (Lipinski definition) is 1. The van der Waals surface area contributed by atoms with E-state index in [1.54, 1.807) is 0 Å². The maximum Gasteiger partial charge on any atom is 0.137 e. The second-order valence-electron chi connectivity index (χ2n) is 5.91. The number of piperidine rings is 1. The first kappa shape index (κ1) is 14.4. The molecule has 2 aliphatic heterocycles. The third-order valence-corrected chi connectivity index (χ3v) is 5.51. The van der Waals surface area contributed by atoms with Crippen LogP contribution in [0.3, 0.4) is 0 Å². The lowest BCUT2D eigenvalue weighted by molar-refractivity contribution is -0.124. The molecule has 2 fully saturated rings. The van der Waals surface area contributed by atoms with Gasteiger partial charge in [-0.05, 0) is 42.9 Å². The van der Waals surface area contributed by atoms with Crippen molar-refractivity contribution in [2.75, 3.05) is 0 Å². The van der Waals surface area contributed by atoms with E-state index in [0.29, 0.717) is 34.3 Å². The molecule has 0 saturated carbocycles. The summed E-state index contributed by atoms with van der Waals surface area (Å²) in [6.07, 6.45) is 3.91. The number of rotatable bonds is 3. The van der Waals surface area contributed by atoms with E-state index in [2.05, 4.69) is 5.32 Å². The van der Waals surface area contributed by atoms with Gasteiger partial charge in [0.25, 0.3) is 0 Å². The van der Waals surface area contributed by atoms with Crippen LogP contribution in [-0.4, -0.2) is 17.9 Å². The molecule has 0 amide bonds. The van der Waals surface area contributed by atoms with Gasteiger partial charge in [0, 0.05) is 24.4 Å². The summed E-state index contributed by atoms with van der Waals surface area (Å²) in [5.74, 6) is 0.714. The third-order valence-electron chi connectivity index (χ3n) is 4.77. The highest BCUT2D eigenvalue weighted by Crippen LogP contribution is 2.43. The van der Waals surface area contributed by atoms with Crippen LogP contribution in [0.2, 0.25) is 10.0 Å². The summed E-state index contributed by atoms with van der Waals surface area (Å²) in [6.45, 7) is 1.95. The molecule has 4 atom stereocenters. The molecular formula is C16H19Cl2NO. The van der Waals surface area contributed by atoms with Crippen LogP contribution in [0.4, 0.5) is 0 Å². The van der Waals surface area contributed by atoms with Gasteiger partial charge in [0.15, 0.2) is 0 Å². The summed E-state index contributed by atoms with van der Waals surface area (Å²) >= 11 is 12.2. The topological polar surface area (TPSA) is 29.1 Å². The summed E-state index contributed by atoms with van der Waals surface area (Å²) in [5, 5.41) is 4.76. The van der Waals surface area contributed by atoms with Crippen LogP contribution in [0.5, 0.6) is 0 Å². The molecule has 0 aromatic heterocycles. The highest BCUT2D eigenvalue weighted by Gasteiger charge is 2.44. The number of benzene rings is 1. The Labute approximate surface area is 129 Å². The molecule has 2 aliphatic rings. The Hall–Kier alpha value is -0.570. The van der Waals surface area contributed by atoms with E-state index < -0.39 is 0 Å². The molecule has 0 radical (unpaired) electrons. The molecule has 1 unspecified atom stereocenters. The Morgan fingerprint density at radius 3 is 2.80 bits per heavy atom. The summed E-state index contributed by atoms with van der Waals surface area (Å²) in [4.78, 5) is 12.4. The number of halogens is 2. The normalized spacial score (nSPS) is 32.4. The van der Waals surface area contributed by atoms with Crippen LogP contribution in [0.25, 0.3) is 0 Å². The molecule has 1 aromatic carbocycles. The molecule has 108 valence electrons. The van der Waals surface area contributed by atoms with Crippen LogP contribution in [0, 0.1) is 5.92 Å². The number of Topliss-reactive ketones (excluding diaryl/α,β-unsaturated/α-hetero) is 1. The van der Waals surface area contributed by atoms with E-state index >= 15 is 0 Å². The first-order valence-corrected chi connectivity index (χ1v) is 8.09. The second kappa shape index (κ2) is 5.67. The largest absolute Gasteiger partial charge is 0.310 e. The first-order chi connectivity index (χ1) is 9.60. The predicted molar refractivity (Wildman–Crippen MR) is 82.6 cm³/mol. The zero-order chi connectivity index (χ0) is 14.3. The minimum Gasteiger partial charge on any atom is -0.310 e. The Kier molecular flexibility index (Phi) is 4.07. The predicted octanol–water partition coefficient (Wildman–Crippen LogP) is 4.20. The molecule has 2 heterocycles. The van der Waals surface area contributed by atoms with Crippen molar-refractivity contribution < 1.29 is 4.79 Å². The van der Waals surface area contributed by atoms with Gasteiger partial charge in [-0.25, -0.2) is 0 Å². The fraction of sp³-hybridized carbons (Fsp3) is 0.562. The average Bonchev–Trinajstić information content (AvgIpc) is 2.82. The lowest BCUT2D eigenvalue weighted by Gasteiger charge is -2.37. The summed E-state index contributed by atoms with van der Waals surface area (Å²) in [6, 6.07) is 6.69. The highest BCUT2D eigenvalue weighted by molar-refractivity contribution is 6.42. The molecule has 1 aromatic rings. The molecule has 20 heavy (non-hydrogen) atoms. The smallest absolute Gasteiger partial charge is 0.137 e. The van der Waals surface area contributed by atoms with E-state index in [-0.39, 0.29) is 11.8 Å². The van der Waals surface area contributed by atoms with Gasteiger partial charge in [-0.15, -0.1) is 0 Å². The average molecular weight is 312 g/mol. The summed E-state index contributed by atoms with van der Waals surface area (Å²) in [7, 11) is 0. The van der Waals surface area contributed by atoms with E-state index in [9.17, 15) is 4.79 Å². The maximum atomic E-state index is 12.4. The van der Waals surface area contributed by atoms with E-state index in [4.69, 9.17) is 23.2 Å². The monoisotopic (exact) mass is 311 g/mol. The van der Waals surface area contributed by atoms with Gasteiger partial charge in [0.2, 0.25) is 0 Å². The van der Waals surface area contributed by atoms with Crippen LogP contribution >= 0.6 is 23.2 Å². The lowest BCUT2D eigenvalue weighted by atomic mass is 9.74. The maximum absolute atomic E-state index is 12.4. The van der Waals surface area contributed by atoms with Gasteiger partial charge in [0.05, 0.1) is 10.0 Å². The van der Waals surface area contributed by atoms with E-state index in [1.165, 1.54) is 6.42 Å². The van der Waals surface area contributed by atoms with Crippen molar-refractivity contribution in [2.45, 2.75) is 50.6 Å². The molecule has 1 N–H and O–H groups in total. The Morgan fingerprint density at radius 1 is 1.30 bits per heavy atom. The van der Waals surface area contributed by atoms with Crippen molar-refractivity contribution in [3.8, 4) is 0 Å². The fourth-order valence-corrected chi connectivity index (χ4v) is 4.13. The minimum absolute atomic E-state index is 0.0796. The van der Waals surface area contributed by atoms with Crippen molar-refractivity contribution in [3.05, 3.63) is 33.8 Å². The van der Waals surface area contributed by atoms with Gasteiger partial charge in [0.1, 0.15) is 5.78 Å². The number of ketones is 1. The highest BCUT2D eigenvalue weighted by atomic mass is 35.5. The first-order valence-electron chi connectivity index (χ1n) is 7.34. The molecule has 0 spiro atoms. The van der Waals surface area contributed by atoms with Crippen LogP contribution in [-0.2, 0) is 4.79 Å². The van der Waals surface area contributed by atoms with Crippen LogP contribution < -0.4 is 5.32 Å². The number of fused-ring (bicyclic) bond motifs is 2. The molecule has 3 rings (SSSR count). The minimum atomic E-state index is 0.0796. The summed E-state index contributed by atoms with van der Waals surface area (Å²) < 4.78 is 0. The Bertz CT molecular complexity index is 531. The Morgan fingerprint density at radius 2 is 2.10 bits per heavy atom. The van der Waals surface area contributed by atoms with Gasteiger partial charge in [-0.3, -0.25) is 4.79 Å². The molecule has 0 aliphatic carbocycles. The molecular weight excluding hydrogens is 293 g/mol. The third kappa shape index (κ3) is 2.49. The van der Waals surface area contributed by atoms with Crippen LogP contribution in [0.15, 0.2) is 18.2 Å². The molecule has 2 saturated heterocycles. The van der Waals surface area contributed by atoms with Gasteiger partial charge in [-0.2, -0.15) is 0 Å². The number of nitrogens with one attached hydrogen (secondary N) is 1. The van der Waals surface area contributed by atoms with Gasteiger partial charge >= 0.3 is 0 Å². The molecule has 4 heteroatoms. The zero-order valence-corrected chi connectivity index (χ0v) is 13.0. The molecule has 2 bridgehead atoms. The second-order valence-corrected chi connectivity index (χ2v) is 6.72. The van der Waals surface area contributed by atoms with Crippen molar-refractivity contribution in [2.24, 2.45) is 5.92 Å². The Balaban J connectivity index is 1.96. The zero-order valence-electron chi connectivity index (χ0n) is 11.5. The van der Waals surface area contributed by atoms with Crippen LogP contribution in [0.1, 0.15) is 44.1 Å². The SMILES string of the molecule is CCC(=O)[C@H]1[C@@H](c2ccc(Cl)c(Cl)c2)CC2CC[C@H]1N2. The summed E-state index contributed by atoms with van der Waals surface area (Å²) in [5.41, 5.74) is 1.16. The number of carbonyl (C=O) groups is 1. The van der Waals surface area contributed by atoms with Crippen molar-refractivity contribution in [1.82, 2.24) is 5.32 Å². The lowest BCUT2D eigenvalue weighted by Crippen LogP contribution is -2.47. The molecule has 2 nitrogen and oxygen atoms in total. The number of hydrogen-bond acceptors (Lipinski definition) is 2. The quantitative estimate of drug-likeness (QED) is 0.906. The van der Waals surface area contributed by atoms with E-state index in [1.807, 2.05) is 25.1 Å². The van der Waals surface area contributed by atoms with Gasteiger partial charge in [-0.1, -0.05) is 36.2 Å². The van der Waals surface area contributed by atoms with Gasteiger partial charge < -0.3 is 5.32 Å².